The Morgan fingerprint density at radius 1 is 1.12 bits per heavy atom. The lowest BCUT2D eigenvalue weighted by atomic mass is 10.0. The summed E-state index contributed by atoms with van der Waals surface area (Å²) in [7, 11) is 1.33. The first-order valence-electron chi connectivity index (χ1n) is 7.48. The van der Waals surface area contributed by atoms with Crippen LogP contribution in [0.3, 0.4) is 0 Å². The van der Waals surface area contributed by atoms with E-state index in [1.165, 1.54) is 7.11 Å². The molecule has 7 heteroatoms. The van der Waals surface area contributed by atoms with E-state index in [0.717, 1.165) is 10.0 Å². The minimum absolute atomic E-state index is 0.0828. The summed E-state index contributed by atoms with van der Waals surface area (Å²) in [4.78, 5) is 23.8. The summed E-state index contributed by atoms with van der Waals surface area (Å²) in [5, 5.41) is 5.77. The number of ether oxygens (including phenoxy) is 1. The average Bonchev–Trinajstić information content (AvgIpc) is 2.62. The fourth-order valence-corrected chi connectivity index (χ4v) is 2.66. The predicted octanol–water partition coefficient (Wildman–Crippen LogP) is 3.36. The van der Waals surface area contributed by atoms with Gasteiger partial charge in [-0.2, -0.15) is 0 Å². The highest BCUT2D eigenvalue weighted by Crippen LogP contribution is 2.20. The molecule has 130 valence electrons. The Balaban J connectivity index is 2.07. The molecule has 2 aromatic carbocycles. The van der Waals surface area contributed by atoms with Gasteiger partial charge in [-0.25, -0.2) is 0 Å². The standard InChI is InChI=1S/C18H17BrN2O3S/c1-24-16(22)11-15(12-7-9-14(19)10-8-12)20-18(25)21-17(23)13-5-3-2-4-6-13/h2-10,15H,11H2,1H3,(H2,20,21,23,25)/t15-/m0/s1. The van der Waals surface area contributed by atoms with Gasteiger partial charge in [-0.05, 0) is 42.0 Å². The third-order valence-corrected chi connectivity index (χ3v) is 4.19. The van der Waals surface area contributed by atoms with E-state index in [4.69, 9.17) is 17.0 Å². The van der Waals surface area contributed by atoms with Gasteiger partial charge in [-0.15, -0.1) is 0 Å². The van der Waals surface area contributed by atoms with Crippen LogP contribution in [0.2, 0.25) is 0 Å². The number of rotatable bonds is 5. The van der Waals surface area contributed by atoms with Crippen LogP contribution in [0.15, 0.2) is 59.1 Å². The summed E-state index contributed by atoms with van der Waals surface area (Å²) in [5.41, 5.74) is 1.35. The van der Waals surface area contributed by atoms with E-state index in [2.05, 4.69) is 26.6 Å². The molecular weight excluding hydrogens is 404 g/mol. The summed E-state index contributed by atoms with van der Waals surface area (Å²) in [6.45, 7) is 0. The van der Waals surface area contributed by atoms with Gasteiger partial charge in [0.15, 0.2) is 5.11 Å². The molecule has 0 unspecified atom stereocenters. The molecule has 2 rings (SSSR count). The van der Waals surface area contributed by atoms with Gasteiger partial charge < -0.3 is 10.1 Å². The summed E-state index contributed by atoms with van der Waals surface area (Å²) in [6, 6.07) is 15.8. The van der Waals surface area contributed by atoms with Crippen molar-refractivity contribution in [1.29, 1.82) is 0 Å². The first-order chi connectivity index (χ1) is 12.0. The number of hydrogen-bond donors (Lipinski definition) is 2. The van der Waals surface area contributed by atoms with Crippen LogP contribution in [-0.2, 0) is 9.53 Å². The molecule has 25 heavy (non-hydrogen) atoms. The van der Waals surface area contributed by atoms with E-state index in [0.29, 0.717) is 5.56 Å². The number of carbonyl (C=O) groups excluding carboxylic acids is 2. The van der Waals surface area contributed by atoms with Crippen molar-refractivity contribution < 1.29 is 14.3 Å². The highest BCUT2D eigenvalue weighted by molar-refractivity contribution is 9.10. The molecule has 2 N–H and O–H groups in total. The van der Waals surface area contributed by atoms with E-state index >= 15 is 0 Å². The molecule has 0 fully saturated rings. The highest BCUT2D eigenvalue weighted by Gasteiger charge is 2.18. The summed E-state index contributed by atoms with van der Waals surface area (Å²) >= 11 is 8.59. The van der Waals surface area contributed by atoms with Crippen molar-refractivity contribution in [3.8, 4) is 0 Å². The molecule has 0 spiro atoms. The topological polar surface area (TPSA) is 67.4 Å². The summed E-state index contributed by atoms with van der Waals surface area (Å²) in [6.07, 6.45) is 0.0828. The number of halogens is 1. The number of nitrogens with one attached hydrogen (secondary N) is 2. The molecule has 5 nitrogen and oxygen atoms in total. The zero-order chi connectivity index (χ0) is 18.2. The van der Waals surface area contributed by atoms with E-state index in [9.17, 15) is 9.59 Å². The number of amides is 1. The maximum Gasteiger partial charge on any atom is 0.307 e. The molecule has 1 atom stereocenters. The molecule has 0 saturated heterocycles. The number of hydrogen-bond acceptors (Lipinski definition) is 4. The van der Waals surface area contributed by atoms with Crippen molar-refractivity contribution in [1.82, 2.24) is 10.6 Å². The van der Waals surface area contributed by atoms with Gasteiger partial charge in [0.1, 0.15) is 0 Å². The van der Waals surface area contributed by atoms with Crippen LogP contribution in [0.1, 0.15) is 28.4 Å². The zero-order valence-corrected chi connectivity index (χ0v) is 15.9. The number of esters is 1. The van der Waals surface area contributed by atoms with Crippen molar-refractivity contribution in [3.05, 3.63) is 70.2 Å². The molecule has 0 saturated carbocycles. The number of benzene rings is 2. The Labute approximate surface area is 159 Å². The van der Waals surface area contributed by atoms with Crippen LogP contribution >= 0.6 is 28.1 Å². The molecular formula is C18H17BrN2O3S. The minimum Gasteiger partial charge on any atom is -0.469 e. The van der Waals surface area contributed by atoms with Crippen molar-refractivity contribution in [2.24, 2.45) is 0 Å². The lowest BCUT2D eigenvalue weighted by molar-refractivity contribution is -0.141. The maximum atomic E-state index is 12.2. The lowest BCUT2D eigenvalue weighted by Gasteiger charge is -2.20. The van der Waals surface area contributed by atoms with Gasteiger partial charge in [0.2, 0.25) is 0 Å². The second-order valence-corrected chi connectivity index (χ2v) is 6.50. The van der Waals surface area contributed by atoms with Gasteiger partial charge in [-0.1, -0.05) is 46.3 Å². The van der Waals surface area contributed by atoms with Gasteiger partial charge in [-0.3, -0.25) is 14.9 Å². The monoisotopic (exact) mass is 420 g/mol. The zero-order valence-electron chi connectivity index (χ0n) is 13.5. The van der Waals surface area contributed by atoms with Gasteiger partial charge in [0.25, 0.3) is 5.91 Å². The lowest BCUT2D eigenvalue weighted by Crippen LogP contribution is -2.41. The highest BCUT2D eigenvalue weighted by atomic mass is 79.9. The van der Waals surface area contributed by atoms with Crippen LogP contribution < -0.4 is 10.6 Å². The average molecular weight is 421 g/mol. The molecule has 0 bridgehead atoms. The van der Waals surface area contributed by atoms with Crippen LogP contribution in [-0.4, -0.2) is 24.1 Å². The number of methoxy groups -OCH3 is 1. The Morgan fingerprint density at radius 3 is 2.36 bits per heavy atom. The SMILES string of the molecule is COC(=O)C[C@H](NC(=S)NC(=O)c1ccccc1)c1ccc(Br)cc1. The van der Waals surface area contributed by atoms with Crippen molar-refractivity contribution in [2.45, 2.75) is 12.5 Å². The fraction of sp³-hybridized carbons (Fsp3) is 0.167. The van der Waals surface area contributed by atoms with E-state index in [1.54, 1.807) is 24.3 Å². The molecule has 2 aromatic rings. The van der Waals surface area contributed by atoms with Crippen LogP contribution in [0, 0.1) is 0 Å². The number of thiocarbonyl (C=S) groups is 1. The van der Waals surface area contributed by atoms with E-state index in [-0.39, 0.29) is 23.4 Å². The van der Waals surface area contributed by atoms with Gasteiger partial charge in [0.05, 0.1) is 19.6 Å². The molecule has 0 aliphatic carbocycles. The van der Waals surface area contributed by atoms with Gasteiger partial charge >= 0.3 is 5.97 Å². The van der Waals surface area contributed by atoms with Gasteiger partial charge in [0, 0.05) is 10.0 Å². The first-order valence-corrected chi connectivity index (χ1v) is 8.69. The molecule has 0 aromatic heterocycles. The first kappa shape index (κ1) is 19.1. The summed E-state index contributed by atoms with van der Waals surface area (Å²) in [5.74, 6) is -0.691. The van der Waals surface area contributed by atoms with Crippen molar-refractivity contribution >= 4 is 45.1 Å². The second-order valence-electron chi connectivity index (χ2n) is 5.18. The van der Waals surface area contributed by atoms with Crippen molar-refractivity contribution in [2.75, 3.05) is 7.11 Å². The largest absolute Gasteiger partial charge is 0.469 e. The molecule has 0 aliphatic rings. The quantitative estimate of drug-likeness (QED) is 0.573. The molecule has 0 aliphatic heterocycles. The minimum atomic E-state index is -0.413. The Hall–Kier alpha value is -2.25. The number of carbonyl (C=O) groups is 2. The van der Waals surface area contributed by atoms with Crippen LogP contribution in [0.4, 0.5) is 0 Å². The Bertz CT molecular complexity index is 751. The molecule has 0 radical (unpaired) electrons. The third-order valence-electron chi connectivity index (χ3n) is 3.44. The Kier molecular flexibility index (Phi) is 7.09. The van der Waals surface area contributed by atoms with Crippen molar-refractivity contribution in [3.63, 3.8) is 0 Å². The third kappa shape index (κ3) is 5.95. The smallest absolute Gasteiger partial charge is 0.307 e. The maximum absolute atomic E-state index is 12.2. The van der Waals surface area contributed by atoms with E-state index in [1.807, 2.05) is 30.3 Å². The molecule has 0 heterocycles. The molecule has 1 amide bonds. The van der Waals surface area contributed by atoms with E-state index < -0.39 is 6.04 Å². The van der Waals surface area contributed by atoms with Crippen LogP contribution in [0.25, 0.3) is 0 Å². The fourth-order valence-electron chi connectivity index (χ4n) is 2.16. The normalized spacial score (nSPS) is 11.3. The second kappa shape index (κ2) is 9.29. The summed E-state index contributed by atoms with van der Waals surface area (Å²) < 4.78 is 5.66. The predicted molar refractivity (Wildman–Crippen MR) is 103 cm³/mol. The Morgan fingerprint density at radius 2 is 1.76 bits per heavy atom. The van der Waals surface area contributed by atoms with Crippen LogP contribution in [0.5, 0.6) is 0 Å².